The lowest BCUT2D eigenvalue weighted by molar-refractivity contribution is -0.121. The zero-order valence-electron chi connectivity index (χ0n) is 15.1. The summed E-state index contributed by atoms with van der Waals surface area (Å²) in [5.74, 6) is -0.105. The largest absolute Gasteiger partial charge is 0.360 e. The van der Waals surface area contributed by atoms with Crippen molar-refractivity contribution in [2.75, 3.05) is 18.4 Å². The summed E-state index contributed by atoms with van der Waals surface area (Å²) >= 11 is 1.59. The number of aryl methyl sites for hydroxylation is 1. The van der Waals surface area contributed by atoms with Crippen molar-refractivity contribution in [3.8, 4) is 0 Å². The third kappa shape index (κ3) is 4.01. The van der Waals surface area contributed by atoms with Crippen molar-refractivity contribution < 1.29 is 4.79 Å². The molecule has 0 unspecified atom stereocenters. The van der Waals surface area contributed by atoms with Gasteiger partial charge in [0.25, 0.3) is 5.56 Å². The van der Waals surface area contributed by atoms with Gasteiger partial charge in [-0.25, -0.2) is 9.97 Å². The van der Waals surface area contributed by atoms with E-state index in [0.717, 1.165) is 15.3 Å². The molecular formula is C20H19N5O2S. The second kappa shape index (κ2) is 8.18. The quantitative estimate of drug-likeness (QED) is 0.471. The Morgan fingerprint density at radius 3 is 2.68 bits per heavy atom. The Labute approximate surface area is 165 Å². The molecule has 0 atom stereocenters. The molecule has 0 aliphatic carbocycles. The van der Waals surface area contributed by atoms with Gasteiger partial charge in [-0.1, -0.05) is 35.6 Å². The molecule has 0 fully saturated rings. The highest BCUT2D eigenvalue weighted by atomic mass is 32.1. The van der Waals surface area contributed by atoms with Crippen LogP contribution in [0.2, 0.25) is 0 Å². The van der Waals surface area contributed by atoms with Crippen molar-refractivity contribution in [3.63, 3.8) is 0 Å². The predicted molar refractivity (Wildman–Crippen MR) is 112 cm³/mol. The van der Waals surface area contributed by atoms with Crippen LogP contribution in [0.5, 0.6) is 0 Å². The van der Waals surface area contributed by atoms with Gasteiger partial charge < -0.3 is 10.6 Å². The minimum Gasteiger partial charge on any atom is -0.360 e. The molecule has 2 N–H and O–H groups in total. The number of fused-ring (bicyclic) bond motifs is 2. The second-order valence-electron chi connectivity index (χ2n) is 6.27. The van der Waals surface area contributed by atoms with Gasteiger partial charge in [-0.05, 0) is 24.3 Å². The van der Waals surface area contributed by atoms with Gasteiger partial charge in [-0.2, -0.15) is 0 Å². The number of benzene rings is 2. The molecule has 8 heteroatoms. The highest BCUT2D eigenvalue weighted by molar-refractivity contribution is 7.22. The van der Waals surface area contributed by atoms with Gasteiger partial charge in [0.05, 0.1) is 27.4 Å². The molecule has 1 amide bonds. The van der Waals surface area contributed by atoms with Gasteiger partial charge in [0.15, 0.2) is 5.13 Å². The minimum atomic E-state index is -0.129. The SMILES string of the molecule is O=C(CCn1cnc2ccccc2c1=O)NCCNc1nc2ccccc2s1. The molecule has 142 valence electrons. The van der Waals surface area contributed by atoms with Gasteiger partial charge in [0.2, 0.25) is 5.91 Å². The third-order valence-electron chi connectivity index (χ3n) is 4.33. The molecule has 2 aromatic heterocycles. The molecular weight excluding hydrogens is 374 g/mol. The Kier molecular flexibility index (Phi) is 5.29. The molecule has 4 rings (SSSR count). The lowest BCUT2D eigenvalue weighted by Gasteiger charge is -2.08. The first kappa shape index (κ1) is 18.1. The molecule has 28 heavy (non-hydrogen) atoms. The van der Waals surface area contributed by atoms with Crippen molar-refractivity contribution >= 4 is 43.5 Å². The molecule has 4 aromatic rings. The van der Waals surface area contributed by atoms with E-state index in [9.17, 15) is 9.59 Å². The van der Waals surface area contributed by atoms with Crippen LogP contribution in [-0.4, -0.2) is 33.5 Å². The van der Waals surface area contributed by atoms with Gasteiger partial charge in [-0.3, -0.25) is 14.2 Å². The number of anilines is 1. The number of para-hydroxylation sites is 2. The Morgan fingerprint density at radius 1 is 1.04 bits per heavy atom. The third-order valence-corrected chi connectivity index (χ3v) is 5.32. The Balaban J connectivity index is 1.25. The Morgan fingerprint density at radius 2 is 1.82 bits per heavy atom. The molecule has 2 heterocycles. The van der Waals surface area contributed by atoms with Crippen LogP contribution in [-0.2, 0) is 11.3 Å². The number of nitrogens with zero attached hydrogens (tertiary/aromatic N) is 3. The fourth-order valence-electron chi connectivity index (χ4n) is 2.89. The van der Waals surface area contributed by atoms with Crippen molar-refractivity contribution in [1.29, 1.82) is 0 Å². The monoisotopic (exact) mass is 393 g/mol. The predicted octanol–water partition coefficient (Wildman–Crippen LogP) is 2.62. The van der Waals surface area contributed by atoms with Crippen LogP contribution >= 0.6 is 11.3 Å². The first-order valence-corrected chi connectivity index (χ1v) is 9.83. The van der Waals surface area contributed by atoms with E-state index in [0.29, 0.717) is 30.5 Å². The fraction of sp³-hybridized carbons (Fsp3) is 0.200. The summed E-state index contributed by atoms with van der Waals surface area (Å²) in [7, 11) is 0. The maximum absolute atomic E-state index is 12.4. The number of hydrogen-bond donors (Lipinski definition) is 2. The van der Waals surface area contributed by atoms with Gasteiger partial charge in [-0.15, -0.1) is 0 Å². The van der Waals surface area contributed by atoms with Crippen molar-refractivity contribution in [2.24, 2.45) is 0 Å². The van der Waals surface area contributed by atoms with Gasteiger partial charge in [0, 0.05) is 26.1 Å². The Bertz CT molecular complexity index is 1150. The van der Waals surface area contributed by atoms with Crippen molar-refractivity contribution in [2.45, 2.75) is 13.0 Å². The molecule has 0 radical (unpaired) electrons. The topological polar surface area (TPSA) is 88.9 Å². The summed E-state index contributed by atoms with van der Waals surface area (Å²) in [6.07, 6.45) is 1.72. The van der Waals surface area contributed by atoms with E-state index in [1.54, 1.807) is 29.5 Å². The smallest absolute Gasteiger partial charge is 0.261 e. The average molecular weight is 393 g/mol. The summed E-state index contributed by atoms with van der Waals surface area (Å²) in [4.78, 5) is 33.2. The summed E-state index contributed by atoms with van der Waals surface area (Å²) in [6, 6.07) is 15.1. The average Bonchev–Trinajstić information content (AvgIpc) is 3.14. The minimum absolute atomic E-state index is 0.105. The standard InChI is InChI=1S/C20H19N5O2S/c26-18(9-12-25-13-23-15-6-2-1-5-14(15)19(25)27)21-10-11-22-20-24-16-7-3-4-8-17(16)28-20/h1-8,13H,9-12H2,(H,21,26)(H,22,24). The van der Waals surface area contributed by atoms with E-state index in [1.807, 2.05) is 30.3 Å². The highest BCUT2D eigenvalue weighted by Crippen LogP contribution is 2.24. The van der Waals surface area contributed by atoms with E-state index in [-0.39, 0.29) is 17.9 Å². The first-order chi connectivity index (χ1) is 13.7. The second-order valence-corrected chi connectivity index (χ2v) is 7.30. The first-order valence-electron chi connectivity index (χ1n) is 9.01. The molecule has 0 aliphatic heterocycles. The number of carbonyl (C=O) groups is 1. The number of aromatic nitrogens is 3. The summed E-state index contributed by atoms with van der Waals surface area (Å²) in [5, 5.41) is 7.47. The maximum atomic E-state index is 12.4. The highest BCUT2D eigenvalue weighted by Gasteiger charge is 2.07. The zero-order valence-corrected chi connectivity index (χ0v) is 15.9. The lowest BCUT2D eigenvalue weighted by Crippen LogP contribution is -2.30. The normalized spacial score (nSPS) is 11.0. The Hall–Kier alpha value is -3.26. The number of hydrogen-bond acceptors (Lipinski definition) is 6. The number of rotatable bonds is 7. The van der Waals surface area contributed by atoms with Crippen LogP contribution in [0.25, 0.3) is 21.1 Å². The van der Waals surface area contributed by atoms with Crippen LogP contribution < -0.4 is 16.2 Å². The molecule has 0 aliphatic rings. The molecule has 0 saturated carbocycles. The van der Waals surface area contributed by atoms with E-state index < -0.39 is 0 Å². The van der Waals surface area contributed by atoms with Gasteiger partial charge >= 0.3 is 0 Å². The number of carbonyl (C=O) groups excluding carboxylic acids is 1. The van der Waals surface area contributed by atoms with E-state index >= 15 is 0 Å². The fourth-order valence-corrected chi connectivity index (χ4v) is 3.79. The van der Waals surface area contributed by atoms with Crippen LogP contribution in [0, 0.1) is 0 Å². The maximum Gasteiger partial charge on any atom is 0.261 e. The summed E-state index contributed by atoms with van der Waals surface area (Å²) in [6.45, 7) is 1.37. The number of nitrogens with one attached hydrogen (secondary N) is 2. The van der Waals surface area contributed by atoms with Gasteiger partial charge in [0.1, 0.15) is 0 Å². The van der Waals surface area contributed by atoms with E-state index in [2.05, 4.69) is 20.6 Å². The molecule has 7 nitrogen and oxygen atoms in total. The van der Waals surface area contributed by atoms with Crippen molar-refractivity contribution in [3.05, 3.63) is 65.2 Å². The summed E-state index contributed by atoms with van der Waals surface area (Å²) in [5.41, 5.74) is 1.50. The number of thiazole rings is 1. The molecule has 0 saturated heterocycles. The molecule has 2 aromatic carbocycles. The van der Waals surface area contributed by atoms with E-state index in [4.69, 9.17) is 0 Å². The summed E-state index contributed by atoms with van der Waals surface area (Å²) < 4.78 is 2.60. The van der Waals surface area contributed by atoms with Crippen LogP contribution in [0.1, 0.15) is 6.42 Å². The lowest BCUT2D eigenvalue weighted by atomic mass is 10.2. The van der Waals surface area contributed by atoms with Crippen LogP contribution in [0.4, 0.5) is 5.13 Å². The zero-order chi connectivity index (χ0) is 19.3. The van der Waals surface area contributed by atoms with Crippen LogP contribution in [0.3, 0.4) is 0 Å². The van der Waals surface area contributed by atoms with Crippen LogP contribution in [0.15, 0.2) is 59.7 Å². The number of amides is 1. The molecule has 0 bridgehead atoms. The van der Waals surface area contributed by atoms with E-state index in [1.165, 1.54) is 10.9 Å². The van der Waals surface area contributed by atoms with Crippen molar-refractivity contribution in [1.82, 2.24) is 19.9 Å². The molecule has 0 spiro atoms.